The lowest BCUT2D eigenvalue weighted by Gasteiger charge is -2.34. The maximum Gasteiger partial charge on any atom is 0.243 e. The molecule has 1 aliphatic rings. The Balaban J connectivity index is 1.66. The van der Waals surface area contributed by atoms with Crippen LogP contribution < -0.4 is 0 Å². The van der Waals surface area contributed by atoms with Crippen LogP contribution in [-0.2, 0) is 14.8 Å². The van der Waals surface area contributed by atoms with Gasteiger partial charge in [0.05, 0.1) is 17.3 Å². The largest absolute Gasteiger partial charge is 0.396 e. The lowest BCUT2D eigenvalue weighted by atomic mass is 10.1. The second kappa shape index (κ2) is 8.39. The van der Waals surface area contributed by atoms with Crippen LogP contribution in [0.2, 0.25) is 0 Å². The van der Waals surface area contributed by atoms with Crippen LogP contribution >= 0.6 is 11.8 Å². The summed E-state index contributed by atoms with van der Waals surface area (Å²) in [5, 5.41) is 10.7. The minimum absolute atomic E-state index is 0.00815. The molecule has 1 aliphatic heterocycles. The van der Waals surface area contributed by atoms with Gasteiger partial charge in [0.25, 0.3) is 0 Å². The maximum atomic E-state index is 12.9. The van der Waals surface area contributed by atoms with Crippen LogP contribution in [-0.4, -0.2) is 72.9 Å². The van der Waals surface area contributed by atoms with Crippen molar-refractivity contribution in [3.63, 3.8) is 0 Å². The monoisotopic (exact) mass is 394 g/mol. The van der Waals surface area contributed by atoms with E-state index in [9.17, 15) is 13.2 Å². The highest BCUT2D eigenvalue weighted by Crippen LogP contribution is 2.23. The average molecular weight is 395 g/mol. The Labute approximate surface area is 157 Å². The minimum Gasteiger partial charge on any atom is -0.396 e. The van der Waals surface area contributed by atoms with Crippen molar-refractivity contribution in [2.45, 2.75) is 4.90 Å². The van der Waals surface area contributed by atoms with E-state index in [0.717, 1.165) is 10.8 Å². The molecule has 1 amide bonds. The SMILES string of the molecule is O=C(CSCCO)N1CCN(S(=O)(=O)c2ccc3ccccc3c2)CC1. The first-order valence-electron chi connectivity index (χ1n) is 8.48. The number of piperazine rings is 1. The first-order valence-corrected chi connectivity index (χ1v) is 11.1. The summed E-state index contributed by atoms with van der Waals surface area (Å²) in [7, 11) is -3.57. The summed E-state index contributed by atoms with van der Waals surface area (Å²) in [5.74, 6) is 0.839. The molecule has 0 aliphatic carbocycles. The molecule has 8 heteroatoms. The molecule has 2 aromatic carbocycles. The number of benzene rings is 2. The predicted molar refractivity (Wildman–Crippen MR) is 104 cm³/mol. The van der Waals surface area contributed by atoms with E-state index in [1.165, 1.54) is 16.1 Å². The average Bonchev–Trinajstić information content (AvgIpc) is 2.67. The predicted octanol–water partition coefficient (Wildman–Crippen LogP) is 1.40. The number of thioether (sulfide) groups is 1. The number of carbonyl (C=O) groups is 1. The van der Waals surface area contributed by atoms with Crippen molar-refractivity contribution in [2.24, 2.45) is 0 Å². The third-order valence-corrected chi connectivity index (χ3v) is 7.23. The normalized spacial score (nSPS) is 16.1. The minimum atomic E-state index is -3.57. The van der Waals surface area contributed by atoms with Crippen molar-refractivity contribution < 1.29 is 18.3 Å². The molecule has 0 aromatic heterocycles. The fourth-order valence-corrected chi connectivity index (χ4v) is 5.06. The molecule has 1 saturated heterocycles. The molecule has 0 radical (unpaired) electrons. The third kappa shape index (κ3) is 4.20. The Morgan fingerprint density at radius 1 is 1.04 bits per heavy atom. The number of amides is 1. The molecular formula is C18H22N2O4S2. The van der Waals surface area contributed by atoms with Crippen molar-refractivity contribution in [3.8, 4) is 0 Å². The summed E-state index contributed by atoms with van der Waals surface area (Å²) in [5.41, 5.74) is 0. The second-order valence-corrected chi connectivity index (χ2v) is 9.11. The molecule has 0 spiro atoms. The Bertz CT molecular complexity index is 878. The van der Waals surface area contributed by atoms with Gasteiger partial charge < -0.3 is 10.0 Å². The zero-order chi connectivity index (χ0) is 18.6. The highest BCUT2D eigenvalue weighted by atomic mass is 32.2. The van der Waals surface area contributed by atoms with Crippen LogP contribution in [0.4, 0.5) is 0 Å². The first-order chi connectivity index (χ1) is 12.5. The lowest BCUT2D eigenvalue weighted by molar-refractivity contribution is -0.129. The molecule has 0 saturated carbocycles. The molecule has 0 unspecified atom stereocenters. The summed E-state index contributed by atoms with van der Waals surface area (Å²) >= 11 is 1.39. The highest BCUT2D eigenvalue weighted by Gasteiger charge is 2.30. The zero-order valence-corrected chi connectivity index (χ0v) is 16.0. The summed E-state index contributed by atoms with van der Waals surface area (Å²) in [6.07, 6.45) is 0. The zero-order valence-electron chi connectivity index (χ0n) is 14.4. The van der Waals surface area contributed by atoms with Gasteiger partial charge in [-0.1, -0.05) is 30.3 Å². The van der Waals surface area contributed by atoms with Crippen molar-refractivity contribution in [3.05, 3.63) is 42.5 Å². The second-order valence-electron chi connectivity index (χ2n) is 6.07. The molecule has 0 bridgehead atoms. The Morgan fingerprint density at radius 3 is 2.42 bits per heavy atom. The molecule has 3 rings (SSSR count). The highest BCUT2D eigenvalue weighted by molar-refractivity contribution is 7.99. The van der Waals surface area contributed by atoms with Gasteiger partial charge in [0, 0.05) is 31.9 Å². The number of hydrogen-bond acceptors (Lipinski definition) is 5. The van der Waals surface area contributed by atoms with Crippen LogP contribution in [0.15, 0.2) is 47.4 Å². The van der Waals surface area contributed by atoms with Crippen LogP contribution in [0.25, 0.3) is 10.8 Å². The van der Waals surface area contributed by atoms with Gasteiger partial charge in [-0.15, -0.1) is 11.8 Å². The van der Waals surface area contributed by atoms with Crippen LogP contribution in [0, 0.1) is 0 Å². The number of aliphatic hydroxyl groups excluding tert-OH is 1. The quantitative estimate of drug-likeness (QED) is 0.750. The number of fused-ring (bicyclic) bond motifs is 1. The number of nitrogens with zero attached hydrogens (tertiary/aromatic N) is 2. The van der Waals surface area contributed by atoms with E-state index in [1.807, 2.05) is 30.3 Å². The molecule has 0 atom stereocenters. The number of sulfonamides is 1. The fourth-order valence-electron chi connectivity index (χ4n) is 2.97. The smallest absolute Gasteiger partial charge is 0.243 e. The number of rotatable bonds is 6. The maximum absolute atomic E-state index is 12.9. The van der Waals surface area contributed by atoms with E-state index in [1.54, 1.807) is 17.0 Å². The lowest BCUT2D eigenvalue weighted by Crippen LogP contribution is -2.51. The Hall–Kier alpha value is -1.61. The standard InChI is InChI=1S/C18H22N2O4S2/c21-11-12-25-14-18(22)19-7-9-20(10-8-19)26(23,24)17-6-5-15-3-1-2-4-16(15)13-17/h1-6,13,21H,7-12,14H2. The molecule has 2 aromatic rings. The Kier molecular flexibility index (Phi) is 6.18. The molecule has 1 fully saturated rings. The van der Waals surface area contributed by atoms with Crippen LogP contribution in [0.3, 0.4) is 0 Å². The molecule has 6 nitrogen and oxygen atoms in total. The summed E-state index contributed by atoms with van der Waals surface area (Å²) < 4.78 is 27.3. The van der Waals surface area contributed by atoms with E-state index >= 15 is 0 Å². The first kappa shape index (κ1) is 19.2. The van der Waals surface area contributed by atoms with Gasteiger partial charge in [-0.25, -0.2) is 8.42 Å². The van der Waals surface area contributed by atoms with Gasteiger partial charge in [-0.05, 0) is 22.9 Å². The Morgan fingerprint density at radius 2 is 1.73 bits per heavy atom. The van der Waals surface area contributed by atoms with Crippen molar-refractivity contribution in [1.29, 1.82) is 0 Å². The summed E-state index contributed by atoms with van der Waals surface area (Å²) in [4.78, 5) is 14.1. The molecular weight excluding hydrogens is 372 g/mol. The number of carbonyl (C=O) groups excluding carboxylic acids is 1. The number of hydrogen-bond donors (Lipinski definition) is 1. The van der Waals surface area contributed by atoms with Crippen molar-refractivity contribution in [2.75, 3.05) is 44.3 Å². The van der Waals surface area contributed by atoms with Crippen LogP contribution in [0.1, 0.15) is 0 Å². The molecule has 1 heterocycles. The van der Waals surface area contributed by atoms with E-state index in [2.05, 4.69) is 0 Å². The van der Waals surface area contributed by atoms with Crippen LogP contribution in [0.5, 0.6) is 0 Å². The van der Waals surface area contributed by atoms with Gasteiger partial charge in [0.1, 0.15) is 0 Å². The van der Waals surface area contributed by atoms with Gasteiger partial charge >= 0.3 is 0 Å². The van der Waals surface area contributed by atoms with E-state index in [0.29, 0.717) is 37.7 Å². The topological polar surface area (TPSA) is 77.9 Å². The van der Waals surface area contributed by atoms with Gasteiger partial charge in [-0.3, -0.25) is 4.79 Å². The van der Waals surface area contributed by atoms with E-state index in [4.69, 9.17) is 5.11 Å². The summed E-state index contributed by atoms with van der Waals surface area (Å²) in [6, 6.07) is 12.8. The van der Waals surface area contributed by atoms with Gasteiger partial charge in [0.15, 0.2) is 0 Å². The fraction of sp³-hybridized carbons (Fsp3) is 0.389. The summed E-state index contributed by atoms with van der Waals surface area (Å²) in [6.45, 7) is 1.43. The van der Waals surface area contributed by atoms with E-state index < -0.39 is 10.0 Å². The van der Waals surface area contributed by atoms with Crippen molar-refractivity contribution in [1.82, 2.24) is 9.21 Å². The number of aliphatic hydroxyl groups is 1. The molecule has 1 N–H and O–H groups in total. The van der Waals surface area contributed by atoms with E-state index in [-0.39, 0.29) is 17.4 Å². The molecule has 26 heavy (non-hydrogen) atoms. The van der Waals surface area contributed by atoms with Gasteiger partial charge in [-0.2, -0.15) is 4.31 Å². The molecule has 140 valence electrons. The van der Waals surface area contributed by atoms with Gasteiger partial charge in [0.2, 0.25) is 15.9 Å². The van der Waals surface area contributed by atoms with Crippen molar-refractivity contribution >= 4 is 38.5 Å². The third-order valence-electron chi connectivity index (χ3n) is 4.41.